The third-order valence-corrected chi connectivity index (χ3v) is 3.00. The molecule has 7 nitrogen and oxygen atoms in total. The molecule has 3 aromatic rings. The number of nitrogens with zero attached hydrogens (tertiary/aromatic N) is 4. The van der Waals surface area contributed by atoms with Crippen LogP contribution >= 0.6 is 0 Å². The molecule has 1 amide bonds. The molecular formula is C16H15N5O2. The second kappa shape index (κ2) is 6.69. The molecule has 0 unspecified atom stereocenters. The summed E-state index contributed by atoms with van der Waals surface area (Å²) in [6, 6.07) is 10.4. The van der Waals surface area contributed by atoms with E-state index in [1.165, 1.54) is 0 Å². The van der Waals surface area contributed by atoms with Crippen molar-refractivity contribution in [1.29, 1.82) is 0 Å². The van der Waals surface area contributed by atoms with E-state index in [1.54, 1.807) is 53.6 Å². The number of nitrogens with one attached hydrogen (secondary N) is 1. The number of anilines is 1. The van der Waals surface area contributed by atoms with Crippen molar-refractivity contribution in [2.75, 3.05) is 11.9 Å². The van der Waals surface area contributed by atoms with Crippen molar-refractivity contribution < 1.29 is 9.53 Å². The Morgan fingerprint density at radius 2 is 2.17 bits per heavy atom. The number of ether oxygens (including phenoxy) is 1. The lowest BCUT2D eigenvalue weighted by Crippen LogP contribution is -2.15. The zero-order valence-corrected chi connectivity index (χ0v) is 12.5. The van der Waals surface area contributed by atoms with Gasteiger partial charge in [-0.25, -0.2) is 4.68 Å². The maximum Gasteiger partial charge on any atom is 0.275 e. The molecule has 0 aliphatic carbocycles. The van der Waals surface area contributed by atoms with Crippen molar-refractivity contribution in [3.05, 3.63) is 60.7 Å². The molecule has 7 heteroatoms. The van der Waals surface area contributed by atoms with E-state index in [9.17, 15) is 4.79 Å². The van der Waals surface area contributed by atoms with Gasteiger partial charge in [0.25, 0.3) is 5.91 Å². The molecule has 0 fully saturated rings. The number of hydrogen-bond donors (Lipinski definition) is 1. The largest absolute Gasteiger partial charge is 0.478 e. The Balaban J connectivity index is 1.78. The first-order valence-electron chi connectivity index (χ1n) is 7.13. The smallest absolute Gasteiger partial charge is 0.275 e. The standard InChI is InChI=1S/C16H15N5O2/c1-2-23-15-6-3-5-14(19-15)20-16(22)13-11-12(7-9-17-13)21-10-4-8-18-21/h3-11H,2H2,1H3,(H,19,20,22). The van der Waals surface area contributed by atoms with Gasteiger partial charge in [0.15, 0.2) is 0 Å². The van der Waals surface area contributed by atoms with Gasteiger partial charge in [-0.3, -0.25) is 9.78 Å². The minimum absolute atomic E-state index is 0.279. The third kappa shape index (κ3) is 3.52. The van der Waals surface area contributed by atoms with E-state index >= 15 is 0 Å². The van der Waals surface area contributed by atoms with Gasteiger partial charge in [0, 0.05) is 24.7 Å². The fourth-order valence-corrected chi connectivity index (χ4v) is 2.00. The van der Waals surface area contributed by atoms with Crippen LogP contribution in [0.4, 0.5) is 5.82 Å². The van der Waals surface area contributed by atoms with Gasteiger partial charge in [-0.2, -0.15) is 10.1 Å². The highest BCUT2D eigenvalue weighted by Gasteiger charge is 2.10. The second-order valence-corrected chi connectivity index (χ2v) is 4.60. The minimum Gasteiger partial charge on any atom is -0.478 e. The van der Waals surface area contributed by atoms with E-state index in [4.69, 9.17) is 4.74 Å². The molecule has 0 spiro atoms. The van der Waals surface area contributed by atoms with Crippen molar-refractivity contribution in [1.82, 2.24) is 19.7 Å². The predicted molar refractivity (Wildman–Crippen MR) is 84.7 cm³/mol. The second-order valence-electron chi connectivity index (χ2n) is 4.60. The molecule has 1 N–H and O–H groups in total. The molecule has 0 aromatic carbocycles. The lowest BCUT2D eigenvalue weighted by molar-refractivity contribution is 0.102. The average Bonchev–Trinajstić information content (AvgIpc) is 3.10. The van der Waals surface area contributed by atoms with Gasteiger partial charge >= 0.3 is 0 Å². The molecular weight excluding hydrogens is 294 g/mol. The van der Waals surface area contributed by atoms with Crippen LogP contribution in [0.25, 0.3) is 5.69 Å². The Morgan fingerprint density at radius 3 is 2.96 bits per heavy atom. The average molecular weight is 309 g/mol. The van der Waals surface area contributed by atoms with Gasteiger partial charge in [0.05, 0.1) is 12.3 Å². The summed E-state index contributed by atoms with van der Waals surface area (Å²) in [7, 11) is 0. The highest BCUT2D eigenvalue weighted by atomic mass is 16.5. The van der Waals surface area contributed by atoms with Crippen LogP contribution in [0.2, 0.25) is 0 Å². The summed E-state index contributed by atoms with van der Waals surface area (Å²) >= 11 is 0. The molecule has 0 aliphatic rings. The van der Waals surface area contributed by atoms with E-state index < -0.39 is 0 Å². The van der Waals surface area contributed by atoms with Gasteiger partial charge < -0.3 is 10.1 Å². The summed E-state index contributed by atoms with van der Waals surface area (Å²) in [5, 5.41) is 6.84. The summed E-state index contributed by atoms with van der Waals surface area (Å²) < 4.78 is 6.97. The molecule has 3 aromatic heterocycles. The van der Waals surface area contributed by atoms with Gasteiger partial charge in [-0.15, -0.1) is 0 Å². The minimum atomic E-state index is -0.347. The normalized spacial score (nSPS) is 10.3. The molecule has 116 valence electrons. The lowest BCUT2D eigenvalue weighted by Gasteiger charge is -2.07. The molecule has 23 heavy (non-hydrogen) atoms. The number of hydrogen-bond acceptors (Lipinski definition) is 5. The monoisotopic (exact) mass is 309 g/mol. The van der Waals surface area contributed by atoms with E-state index in [-0.39, 0.29) is 11.6 Å². The fraction of sp³-hybridized carbons (Fsp3) is 0.125. The number of aromatic nitrogens is 4. The summed E-state index contributed by atoms with van der Waals surface area (Å²) in [4.78, 5) is 20.6. The molecule has 0 radical (unpaired) electrons. The van der Waals surface area contributed by atoms with Gasteiger partial charge in [0.1, 0.15) is 11.5 Å². The van der Waals surface area contributed by atoms with Gasteiger partial charge in [-0.05, 0) is 31.2 Å². The van der Waals surface area contributed by atoms with Crippen molar-refractivity contribution in [2.45, 2.75) is 6.92 Å². The quantitative estimate of drug-likeness (QED) is 0.782. The first-order chi connectivity index (χ1) is 11.3. The SMILES string of the molecule is CCOc1cccc(NC(=O)c2cc(-n3cccn3)ccn2)n1. The number of pyridine rings is 2. The Morgan fingerprint density at radius 1 is 1.26 bits per heavy atom. The predicted octanol–water partition coefficient (Wildman–Crippen LogP) is 2.31. The Hall–Kier alpha value is -3.22. The van der Waals surface area contributed by atoms with E-state index in [2.05, 4.69) is 20.4 Å². The maximum atomic E-state index is 12.3. The van der Waals surface area contributed by atoms with Crippen molar-refractivity contribution >= 4 is 11.7 Å². The molecule has 0 saturated heterocycles. The maximum absolute atomic E-state index is 12.3. The molecule has 0 saturated carbocycles. The van der Waals surface area contributed by atoms with Gasteiger partial charge in [-0.1, -0.05) is 6.07 Å². The first-order valence-corrected chi connectivity index (χ1v) is 7.13. The van der Waals surface area contributed by atoms with Crippen molar-refractivity contribution in [3.8, 4) is 11.6 Å². The molecule has 0 bridgehead atoms. The van der Waals surface area contributed by atoms with E-state index in [1.807, 2.05) is 13.0 Å². The summed E-state index contributed by atoms with van der Waals surface area (Å²) in [6.45, 7) is 2.38. The Labute approximate surface area is 133 Å². The van der Waals surface area contributed by atoms with Crippen LogP contribution in [0.3, 0.4) is 0 Å². The van der Waals surface area contributed by atoms with Crippen LogP contribution in [0.15, 0.2) is 55.0 Å². The van der Waals surface area contributed by atoms with Crippen LogP contribution in [0.1, 0.15) is 17.4 Å². The number of carbonyl (C=O) groups is 1. The van der Waals surface area contributed by atoms with Crippen molar-refractivity contribution in [3.63, 3.8) is 0 Å². The summed E-state index contributed by atoms with van der Waals surface area (Å²) in [5.74, 6) is 0.524. The highest BCUT2D eigenvalue weighted by molar-refractivity contribution is 6.02. The fourth-order valence-electron chi connectivity index (χ4n) is 2.00. The number of carbonyl (C=O) groups excluding carboxylic acids is 1. The highest BCUT2D eigenvalue weighted by Crippen LogP contribution is 2.13. The zero-order chi connectivity index (χ0) is 16.1. The third-order valence-electron chi connectivity index (χ3n) is 3.00. The lowest BCUT2D eigenvalue weighted by atomic mass is 10.3. The Kier molecular flexibility index (Phi) is 4.28. The van der Waals surface area contributed by atoms with Crippen LogP contribution in [0, 0.1) is 0 Å². The molecule has 0 atom stereocenters. The summed E-state index contributed by atoms with van der Waals surface area (Å²) in [6.07, 6.45) is 5.03. The topological polar surface area (TPSA) is 81.9 Å². The first kappa shape index (κ1) is 14.7. The van der Waals surface area contributed by atoms with Gasteiger partial charge in [0.2, 0.25) is 5.88 Å². The zero-order valence-electron chi connectivity index (χ0n) is 12.5. The van der Waals surface area contributed by atoms with E-state index in [0.29, 0.717) is 18.3 Å². The number of rotatable bonds is 5. The van der Waals surface area contributed by atoms with E-state index in [0.717, 1.165) is 5.69 Å². The van der Waals surface area contributed by atoms with Crippen LogP contribution in [-0.2, 0) is 0 Å². The molecule has 3 rings (SSSR count). The van der Waals surface area contributed by atoms with Crippen LogP contribution in [0.5, 0.6) is 5.88 Å². The summed E-state index contributed by atoms with van der Waals surface area (Å²) in [5.41, 5.74) is 1.03. The number of amides is 1. The molecule has 0 aliphatic heterocycles. The Bertz CT molecular complexity index is 802. The molecule has 3 heterocycles. The van der Waals surface area contributed by atoms with Crippen molar-refractivity contribution in [2.24, 2.45) is 0 Å². The van der Waals surface area contributed by atoms with Crippen LogP contribution in [-0.4, -0.2) is 32.3 Å². The van der Waals surface area contributed by atoms with Crippen LogP contribution < -0.4 is 10.1 Å².